The van der Waals surface area contributed by atoms with Gasteiger partial charge >= 0.3 is 0 Å². The molecule has 0 N–H and O–H groups in total. The number of benzene rings is 3. The standard InChI is InChI=1S/C28H33NO/c1-4-27(23-17-19-26(20-18-23)30-22-21-29(5-2)6-3)28(24-13-9-7-10-14-24)25-15-11-8-12-16-25/h7-20H,4-6,21-22H2,1-3H3. The molecule has 3 aromatic rings. The van der Waals surface area contributed by atoms with Crippen LogP contribution in [0.15, 0.2) is 84.9 Å². The molecule has 0 fully saturated rings. The van der Waals surface area contributed by atoms with Crippen molar-refractivity contribution in [2.45, 2.75) is 27.2 Å². The minimum Gasteiger partial charge on any atom is -0.492 e. The number of ether oxygens (including phenoxy) is 1. The lowest BCUT2D eigenvalue weighted by Crippen LogP contribution is -2.27. The van der Waals surface area contributed by atoms with Crippen molar-refractivity contribution in [2.24, 2.45) is 0 Å². The minimum atomic E-state index is 0.719. The second-order valence-corrected chi connectivity index (χ2v) is 7.34. The number of hydrogen-bond donors (Lipinski definition) is 0. The van der Waals surface area contributed by atoms with Crippen molar-refractivity contribution < 1.29 is 4.74 Å². The van der Waals surface area contributed by atoms with E-state index in [0.717, 1.165) is 38.4 Å². The number of hydrogen-bond acceptors (Lipinski definition) is 2. The van der Waals surface area contributed by atoms with Crippen molar-refractivity contribution in [2.75, 3.05) is 26.2 Å². The van der Waals surface area contributed by atoms with E-state index in [9.17, 15) is 0 Å². The molecule has 0 aliphatic heterocycles. The Labute approximate surface area is 181 Å². The lowest BCUT2D eigenvalue weighted by Gasteiger charge is -2.18. The highest BCUT2D eigenvalue weighted by Crippen LogP contribution is 2.34. The van der Waals surface area contributed by atoms with E-state index in [1.165, 1.54) is 27.8 Å². The zero-order chi connectivity index (χ0) is 21.2. The highest BCUT2D eigenvalue weighted by Gasteiger charge is 2.12. The Balaban J connectivity index is 1.89. The summed E-state index contributed by atoms with van der Waals surface area (Å²) >= 11 is 0. The molecule has 0 unspecified atom stereocenters. The first-order valence-electron chi connectivity index (χ1n) is 11.1. The van der Waals surface area contributed by atoms with Gasteiger partial charge in [-0.05, 0) is 59.5 Å². The fourth-order valence-electron chi connectivity index (χ4n) is 3.83. The third kappa shape index (κ3) is 5.61. The Kier molecular flexibility index (Phi) is 8.29. The molecular weight excluding hydrogens is 366 g/mol. The number of nitrogens with zero attached hydrogens (tertiary/aromatic N) is 1. The van der Waals surface area contributed by atoms with Gasteiger partial charge in [0.05, 0.1) is 0 Å². The van der Waals surface area contributed by atoms with Crippen LogP contribution in [0.2, 0.25) is 0 Å². The summed E-state index contributed by atoms with van der Waals surface area (Å²) in [4.78, 5) is 2.37. The number of likely N-dealkylation sites (N-methyl/N-ethyl adjacent to an activating group) is 1. The van der Waals surface area contributed by atoms with Gasteiger partial charge in [-0.15, -0.1) is 0 Å². The Bertz CT molecular complexity index is 868. The SMILES string of the molecule is CCC(=C(c1ccccc1)c1ccccc1)c1ccc(OCCN(CC)CC)cc1. The summed E-state index contributed by atoms with van der Waals surface area (Å²) in [5.74, 6) is 0.933. The second kappa shape index (κ2) is 11.4. The molecule has 0 heterocycles. The predicted molar refractivity (Wildman–Crippen MR) is 129 cm³/mol. The molecule has 0 aromatic heterocycles. The fraction of sp³-hybridized carbons (Fsp3) is 0.286. The molecule has 2 heteroatoms. The number of rotatable bonds is 10. The first-order valence-corrected chi connectivity index (χ1v) is 11.1. The summed E-state index contributed by atoms with van der Waals surface area (Å²) < 4.78 is 5.98. The van der Waals surface area contributed by atoms with Crippen molar-refractivity contribution in [3.63, 3.8) is 0 Å². The van der Waals surface area contributed by atoms with Crippen molar-refractivity contribution in [1.82, 2.24) is 4.90 Å². The van der Waals surface area contributed by atoms with Gasteiger partial charge in [0, 0.05) is 6.54 Å². The Morgan fingerprint density at radius 3 is 1.67 bits per heavy atom. The van der Waals surface area contributed by atoms with Gasteiger partial charge < -0.3 is 9.64 Å². The van der Waals surface area contributed by atoms with Crippen LogP contribution >= 0.6 is 0 Å². The smallest absolute Gasteiger partial charge is 0.119 e. The molecule has 0 spiro atoms. The first-order chi connectivity index (χ1) is 14.8. The molecule has 3 aromatic carbocycles. The first kappa shape index (κ1) is 21.9. The van der Waals surface area contributed by atoms with Gasteiger partial charge in [0.2, 0.25) is 0 Å². The quantitative estimate of drug-likeness (QED) is 0.349. The molecule has 0 amide bonds. The van der Waals surface area contributed by atoms with E-state index in [0.29, 0.717) is 0 Å². The molecule has 0 atom stereocenters. The van der Waals surface area contributed by atoms with Crippen LogP contribution in [0.5, 0.6) is 5.75 Å². The Morgan fingerprint density at radius 2 is 1.20 bits per heavy atom. The van der Waals surface area contributed by atoms with Crippen LogP contribution in [0.4, 0.5) is 0 Å². The van der Waals surface area contributed by atoms with Gasteiger partial charge in [-0.2, -0.15) is 0 Å². The summed E-state index contributed by atoms with van der Waals surface area (Å²) in [6, 6.07) is 29.9. The molecule has 3 rings (SSSR count). The maximum atomic E-state index is 5.98. The number of allylic oxidation sites excluding steroid dienone is 1. The third-order valence-electron chi connectivity index (χ3n) is 5.55. The molecular formula is C28H33NO. The monoisotopic (exact) mass is 399 g/mol. The lowest BCUT2D eigenvalue weighted by atomic mass is 9.88. The van der Waals surface area contributed by atoms with E-state index in [-0.39, 0.29) is 0 Å². The second-order valence-electron chi connectivity index (χ2n) is 7.34. The van der Waals surface area contributed by atoms with Gasteiger partial charge in [-0.3, -0.25) is 0 Å². The fourth-order valence-corrected chi connectivity index (χ4v) is 3.83. The van der Waals surface area contributed by atoms with Crippen LogP contribution in [-0.4, -0.2) is 31.1 Å². The largest absolute Gasteiger partial charge is 0.492 e. The van der Waals surface area contributed by atoms with Gasteiger partial charge in [0.25, 0.3) is 0 Å². The molecule has 0 saturated heterocycles. The van der Waals surface area contributed by atoms with Crippen LogP contribution in [0.1, 0.15) is 43.9 Å². The molecule has 0 aliphatic rings. The van der Waals surface area contributed by atoms with Crippen LogP contribution in [0.25, 0.3) is 11.1 Å². The van der Waals surface area contributed by atoms with E-state index in [1.54, 1.807) is 0 Å². The van der Waals surface area contributed by atoms with Crippen molar-refractivity contribution in [3.8, 4) is 5.75 Å². The topological polar surface area (TPSA) is 12.5 Å². The van der Waals surface area contributed by atoms with Crippen molar-refractivity contribution in [1.29, 1.82) is 0 Å². The highest BCUT2D eigenvalue weighted by molar-refractivity contribution is 5.98. The normalized spacial score (nSPS) is 10.8. The van der Waals surface area contributed by atoms with Gasteiger partial charge in [-0.25, -0.2) is 0 Å². The van der Waals surface area contributed by atoms with Gasteiger partial charge in [0.1, 0.15) is 12.4 Å². The molecule has 0 bridgehead atoms. The van der Waals surface area contributed by atoms with E-state index in [4.69, 9.17) is 4.74 Å². The maximum Gasteiger partial charge on any atom is 0.119 e. The van der Waals surface area contributed by atoms with E-state index in [2.05, 4.69) is 111 Å². The van der Waals surface area contributed by atoms with E-state index in [1.807, 2.05) is 0 Å². The average Bonchev–Trinajstić information content (AvgIpc) is 2.82. The Hall–Kier alpha value is -2.84. The zero-order valence-electron chi connectivity index (χ0n) is 18.5. The van der Waals surface area contributed by atoms with E-state index >= 15 is 0 Å². The lowest BCUT2D eigenvalue weighted by molar-refractivity contribution is 0.223. The van der Waals surface area contributed by atoms with E-state index < -0.39 is 0 Å². The predicted octanol–water partition coefficient (Wildman–Crippen LogP) is 6.78. The van der Waals surface area contributed by atoms with Crippen molar-refractivity contribution >= 4 is 11.1 Å². The van der Waals surface area contributed by atoms with Crippen LogP contribution < -0.4 is 4.74 Å². The summed E-state index contributed by atoms with van der Waals surface area (Å²) in [6.45, 7) is 10.4. The van der Waals surface area contributed by atoms with Crippen LogP contribution in [0.3, 0.4) is 0 Å². The summed E-state index contributed by atoms with van der Waals surface area (Å²) in [7, 11) is 0. The van der Waals surface area contributed by atoms with Crippen molar-refractivity contribution in [3.05, 3.63) is 102 Å². The third-order valence-corrected chi connectivity index (χ3v) is 5.55. The summed E-state index contributed by atoms with van der Waals surface area (Å²) in [5.41, 5.74) is 6.40. The molecule has 0 saturated carbocycles. The molecule has 0 radical (unpaired) electrons. The zero-order valence-corrected chi connectivity index (χ0v) is 18.5. The minimum absolute atomic E-state index is 0.719. The molecule has 0 aliphatic carbocycles. The van der Waals surface area contributed by atoms with Crippen LogP contribution in [0, 0.1) is 0 Å². The molecule has 2 nitrogen and oxygen atoms in total. The van der Waals surface area contributed by atoms with Gasteiger partial charge in [-0.1, -0.05) is 93.6 Å². The molecule has 156 valence electrons. The van der Waals surface area contributed by atoms with Crippen LogP contribution in [-0.2, 0) is 0 Å². The maximum absolute atomic E-state index is 5.98. The average molecular weight is 400 g/mol. The summed E-state index contributed by atoms with van der Waals surface area (Å²) in [5, 5.41) is 0. The van der Waals surface area contributed by atoms with Gasteiger partial charge in [0.15, 0.2) is 0 Å². The Morgan fingerprint density at radius 1 is 0.667 bits per heavy atom. The highest BCUT2D eigenvalue weighted by atomic mass is 16.5. The summed E-state index contributed by atoms with van der Waals surface area (Å²) in [6.07, 6.45) is 0.960. The molecule has 30 heavy (non-hydrogen) atoms.